The van der Waals surface area contributed by atoms with Gasteiger partial charge in [-0.3, -0.25) is 4.79 Å². The number of hydrogen-bond acceptors (Lipinski definition) is 6. The fourth-order valence-corrected chi connectivity index (χ4v) is 5.00. The Labute approximate surface area is 204 Å². The quantitative estimate of drug-likeness (QED) is 0.303. The Balaban J connectivity index is 1.39. The maximum absolute atomic E-state index is 13.0. The molecule has 0 bridgehead atoms. The van der Waals surface area contributed by atoms with Gasteiger partial charge in [0.25, 0.3) is 5.56 Å². The van der Waals surface area contributed by atoms with E-state index in [1.165, 1.54) is 11.3 Å². The van der Waals surface area contributed by atoms with Crippen LogP contribution in [0.4, 0.5) is 0 Å². The number of fused-ring (bicyclic) bond motifs is 3. The van der Waals surface area contributed by atoms with Crippen LogP contribution in [-0.2, 0) is 0 Å². The Hall–Kier alpha value is -3.55. The zero-order valence-electron chi connectivity index (χ0n) is 18.6. The van der Waals surface area contributed by atoms with Gasteiger partial charge in [0, 0.05) is 0 Å². The Bertz CT molecular complexity index is 1610. The molecule has 0 amide bonds. The molecule has 2 heterocycles. The zero-order chi connectivity index (χ0) is 23.7. The maximum Gasteiger partial charge on any atom is 0.274 e. The summed E-state index contributed by atoms with van der Waals surface area (Å²) in [7, 11) is 1.55. The van der Waals surface area contributed by atoms with Gasteiger partial charge in [-0.1, -0.05) is 53.3 Å². The summed E-state index contributed by atoms with van der Waals surface area (Å²) in [4.78, 5) is 18.2. The van der Waals surface area contributed by atoms with Gasteiger partial charge in [-0.25, -0.2) is 9.38 Å². The predicted octanol–water partition coefficient (Wildman–Crippen LogP) is 4.89. The lowest BCUT2D eigenvalue weighted by atomic mass is 10.2. The molecule has 0 aliphatic rings. The summed E-state index contributed by atoms with van der Waals surface area (Å²) in [6, 6.07) is 18.9. The van der Waals surface area contributed by atoms with Gasteiger partial charge in [0.1, 0.15) is 19.0 Å². The number of benzene rings is 3. The number of halogens is 1. The van der Waals surface area contributed by atoms with Gasteiger partial charge in [0.15, 0.2) is 16.5 Å². The Morgan fingerprint density at radius 1 is 1.03 bits per heavy atom. The summed E-state index contributed by atoms with van der Waals surface area (Å²) in [5.41, 5.74) is 3.28. The molecule has 0 spiro atoms. The van der Waals surface area contributed by atoms with E-state index in [1.807, 2.05) is 55.5 Å². The van der Waals surface area contributed by atoms with Gasteiger partial charge in [0.05, 0.1) is 27.7 Å². The normalized spacial score (nSPS) is 11.9. The molecule has 5 rings (SSSR count). The first-order valence-corrected chi connectivity index (χ1v) is 11.8. The molecule has 0 saturated heterocycles. The van der Waals surface area contributed by atoms with Crippen molar-refractivity contribution in [2.75, 3.05) is 20.3 Å². The fourth-order valence-electron chi connectivity index (χ4n) is 3.74. The molecule has 0 radical (unpaired) electrons. The van der Waals surface area contributed by atoms with E-state index in [1.54, 1.807) is 29.7 Å². The number of aromatic nitrogens is 2. The van der Waals surface area contributed by atoms with Gasteiger partial charge in [-0.2, -0.15) is 0 Å². The smallest absolute Gasteiger partial charge is 0.274 e. The lowest BCUT2D eigenvalue weighted by Gasteiger charge is -2.14. The Morgan fingerprint density at radius 2 is 1.79 bits per heavy atom. The number of aryl methyl sites for hydroxylation is 1. The molecule has 2 aromatic heterocycles. The van der Waals surface area contributed by atoms with Crippen LogP contribution in [0.5, 0.6) is 17.2 Å². The SMILES string of the molecule is COc1cc(/C=c2\sc3nc4ccccc4n3c2=O)cc(Cl)c1OCCOc1ccccc1C. The number of imidazole rings is 1. The van der Waals surface area contributed by atoms with Crippen LogP contribution in [0.3, 0.4) is 0 Å². The van der Waals surface area contributed by atoms with E-state index in [2.05, 4.69) is 4.98 Å². The number of thiazole rings is 1. The summed E-state index contributed by atoms with van der Waals surface area (Å²) in [5, 5.41) is 0.390. The molecule has 0 N–H and O–H groups in total. The third kappa shape index (κ3) is 4.20. The number of ether oxygens (including phenoxy) is 3. The summed E-state index contributed by atoms with van der Waals surface area (Å²) in [6.07, 6.45) is 1.79. The van der Waals surface area contributed by atoms with E-state index in [-0.39, 0.29) is 5.56 Å². The van der Waals surface area contributed by atoms with Crippen molar-refractivity contribution < 1.29 is 14.2 Å². The minimum Gasteiger partial charge on any atom is -0.493 e. The van der Waals surface area contributed by atoms with E-state index >= 15 is 0 Å². The first kappa shape index (κ1) is 22.3. The molecule has 0 aliphatic heterocycles. The minimum absolute atomic E-state index is 0.113. The number of para-hydroxylation sites is 3. The molecular weight excluding hydrogens is 472 g/mol. The van der Waals surface area contributed by atoms with Crippen molar-refractivity contribution in [3.63, 3.8) is 0 Å². The predicted molar refractivity (Wildman–Crippen MR) is 136 cm³/mol. The third-order valence-electron chi connectivity index (χ3n) is 5.38. The van der Waals surface area contributed by atoms with Crippen LogP contribution in [0, 0.1) is 6.92 Å². The highest BCUT2D eigenvalue weighted by atomic mass is 35.5. The van der Waals surface area contributed by atoms with Crippen LogP contribution in [0.2, 0.25) is 5.02 Å². The van der Waals surface area contributed by atoms with Crippen molar-refractivity contribution in [2.24, 2.45) is 0 Å². The highest BCUT2D eigenvalue weighted by Gasteiger charge is 2.14. The summed E-state index contributed by atoms with van der Waals surface area (Å²) >= 11 is 7.85. The molecule has 0 atom stereocenters. The summed E-state index contributed by atoms with van der Waals surface area (Å²) < 4.78 is 19.4. The van der Waals surface area contributed by atoms with Gasteiger partial charge < -0.3 is 14.2 Å². The van der Waals surface area contributed by atoms with Crippen molar-refractivity contribution in [1.82, 2.24) is 9.38 Å². The van der Waals surface area contributed by atoms with E-state index < -0.39 is 0 Å². The topological polar surface area (TPSA) is 62.1 Å². The lowest BCUT2D eigenvalue weighted by molar-refractivity contribution is 0.210. The van der Waals surface area contributed by atoms with Crippen molar-refractivity contribution in [3.8, 4) is 17.2 Å². The molecule has 0 aliphatic carbocycles. The third-order valence-corrected chi connectivity index (χ3v) is 6.63. The maximum atomic E-state index is 13.0. The van der Waals surface area contributed by atoms with Crippen LogP contribution in [-0.4, -0.2) is 29.7 Å². The first-order valence-electron chi connectivity index (χ1n) is 10.7. The zero-order valence-corrected chi connectivity index (χ0v) is 20.2. The highest BCUT2D eigenvalue weighted by Crippen LogP contribution is 2.36. The van der Waals surface area contributed by atoms with Crippen molar-refractivity contribution >= 4 is 45.0 Å². The van der Waals surface area contributed by atoms with Gasteiger partial charge in [0.2, 0.25) is 0 Å². The molecule has 8 heteroatoms. The highest BCUT2D eigenvalue weighted by molar-refractivity contribution is 7.15. The molecule has 3 aromatic carbocycles. The molecular formula is C26H21ClN2O4S. The van der Waals surface area contributed by atoms with Crippen LogP contribution in [0.1, 0.15) is 11.1 Å². The second-order valence-corrected chi connectivity index (χ2v) is 9.05. The average molecular weight is 493 g/mol. The average Bonchev–Trinajstić information content (AvgIpc) is 3.34. The van der Waals surface area contributed by atoms with Gasteiger partial charge in [-0.15, -0.1) is 0 Å². The van der Waals surface area contributed by atoms with Gasteiger partial charge in [-0.05, 0) is 54.5 Å². The number of rotatable bonds is 7. The van der Waals surface area contributed by atoms with Crippen molar-refractivity contribution in [3.05, 3.63) is 91.7 Å². The van der Waals surface area contributed by atoms with Crippen LogP contribution >= 0.6 is 22.9 Å². The first-order chi connectivity index (χ1) is 16.5. The Morgan fingerprint density at radius 3 is 2.62 bits per heavy atom. The standard InChI is InChI=1S/C26H21ClN2O4S/c1-16-7-3-6-10-21(16)32-11-12-33-24-18(27)13-17(14-22(24)31-2)15-23-25(30)29-20-9-5-4-8-19(20)28-26(29)34-23/h3-10,13-15H,11-12H2,1-2H3/b23-15-. The molecule has 172 valence electrons. The number of nitrogens with zero attached hydrogens (tertiary/aromatic N) is 2. The van der Waals surface area contributed by atoms with E-state index in [0.29, 0.717) is 39.2 Å². The Kier molecular flexibility index (Phi) is 6.13. The molecule has 34 heavy (non-hydrogen) atoms. The molecule has 6 nitrogen and oxygen atoms in total. The summed E-state index contributed by atoms with van der Waals surface area (Å²) in [5.74, 6) is 1.73. The fraction of sp³-hybridized carbons (Fsp3) is 0.154. The van der Waals surface area contributed by atoms with Crippen molar-refractivity contribution in [1.29, 1.82) is 0 Å². The number of hydrogen-bond donors (Lipinski definition) is 0. The molecule has 0 saturated carbocycles. The van der Waals surface area contributed by atoms with E-state index in [0.717, 1.165) is 27.9 Å². The number of methoxy groups -OCH3 is 1. The minimum atomic E-state index is -0.113. The monoisotopic (exact) mass is 492 g/mol. The largest absolute Gasteiger partial charge is 0.493 e. The van der Waals surface area contributed by atoms with Gasteiger partial charge >= 0.3 is 0 Å². The van der Waals surface area contributed by atoms with Crippen LogP contribution in [0.15, 0.2) is 65.5 Å². The van der Waals surface area contributed by atoms with Crippen LogP contribution < -0.4 is 24.3 Å². The molecule has 5 aromatic rings. The van der Waals surface area contributed by atoms with Crippen LogP contribution in [0.25, 0.3) is 22.1 Å². The van der Waals surface area contributed by atoms with E-state index in [4.69, 9.17) is 25.8 Å². The summed E-state index contributed by atoms with van der Waals surface area (Å²) in [6.45, 7) is 2.65. The lowest BCUT2D eigenvalue weighted by Crippen LogP contribution is -2.22. The molecule has 0 fully saturated rings. The second-order valence-electron chi connectivity index (χ2n) is 7.63. The van der Waals surface area contributed by atoms with E-state index in [9.17, 15) is 4.79 Å². The van der Waals surface area contributed by atoms with Crippen molar-refractivity contribution in [2.45, 2.75) is 6.92 Å². The molecule has 0 unspecified atom stereocenters. The second kappa shape index (κ2) is 9.37.